The smallest absolute Gasteiger partial charge is 0.241 e. The van der Waals surface area contributed by atoms with Gasteiger partial charge in [-0.1, -0.05) is 0 Å². The molecule has 2 aromatic rings. The quantitative estimate of drug-likeness (QED) is 0.276. The molecule has 9 heteroatoms. The van der Waals surface area contributed by atoms with E-state index in [1.165, 1.54) is 0 Å². The number of carbonyl (C=O) groups excluding carboxylic acids is 4. The number of imide groups is 2. The van der Waals surface area contributed by atoms with Gasteiger partial charge in [-0.15, -0.1) is 0 Å². The van der Waals surface area contributed by atoms with Crippen molar-refractivity contribution < 1.29 is 19.2 Å². The molecular weight excluding hydrogens is 523 g/mol. The highest BCUT2D eigenvalue weighted by Crippen LogP contribution is 2.71. The predicted octanol–water partition coefficient (Wildman–Crippen LogP) is 2.76. The summed E-state index contributed by atoms with van der Waals surface area (Å²) >= 11 is 2.13. The van der Waals surface area contributed by atoms with Crippen LogP contribution in [0.5, 0.6) is 0 Å². The Morgan fingerprint density at radius 3 is 1.53 bits per heavy atom. The number of rotatable bonds is 3. The lowest BCUT2D eigenvalue weighted by Gasteiger charge is -2.53. The number of nitrogens with zero attached hydrogens (tertiary/aromatic N) is 3. The molecule has 2 heterocycles. The van der Waals surface area contributed by atoms with Crippen molar-refractivity contribution in [1.29, 1.82) is 0 Å². The molecule has 0 radical (unpaired) electrons. The molecule has 1 aliphatic carbocycles. The van der Waals surface area contributed by atoms with Crippen LogP contribution in [0.4, 0.5) is 22.7 Å². The Hall–Kier alpha value is -2.95. The second kappa shape index (κ2) is 6.53. The molecule has 1 saturated carbocycles. The first kappa shape index (κ1) is 20.9. The number of fused-ring (bicyclic) bond motifs is 4. The van der Waals surface area contributed by atoms with Crippen molar-refractivity contribution in [2.45, 2.75) is 13.8 Å². The van der Waals surface area contributed by atoms with Crippen LogP contribution in [-0.4, -0.2) is 30.7 Å². The summed E-state index contributed by atoms with van der Waals surface area (Å²) in [4.78, 5) is 56.1. The molecule has 2 N–H and O–H groups in total. The third kappa shape index (κ3) is 2.31. The minimum Gasteiger partial charge on any atom is -0.399 e. The zero-order valence-electron chi connectivity index (χ0n) is 17.7. The van der Waals surface area contributed by atoms with Crippen LogP contribution in [0.15, 0.2) is 48.5 Å². The summed E-state index contributed by atoms with van der Waals surface area (Å²) in [6.07, 6.45) is 0. The molecule has 3 fully saturated rings. The summed E-state index contributed by atoms with van der Waals surface area (Å²) in [6.45, 7) is 3.26. The number of carbonyl (C=O) groups is 4. The molecule has 0 bridgehead atoms. The van der Waals surface area contributed by atoms with Crippen LogP contribution < -0.4 is 18.6 Å². The van der Waals surface area contributed by atoms with E-state index in [1.807, 2.05) is 22.3 Å². The normalized spacial score (nSPS) is 31.0. The maximum atomic E-state index is 13.5. The van der Waals surface area contributed by atoms with Gasteiger partial charge in [0.2, 0.25) is 23.6 Å². The maximum absolute atomic E-state index is 13.5. The van der Waals surface area contributed by atoms with Crippen LogP contribution in [0.1, 0.15) is 13.8 Å². The average molecular weight is 544 g/mol. The molecule has 2 aliphatic heterocycles. The van der Waals surface area contributed by atoms with Gasteiger partial charge in [-0.3, -0.25) is 19.2 Å². The van der Waals surface area contributed by atoms with E-state index in [9.17, 15) is 19.2 Å². The van der Waals surface area contributed by atoms with E-state index >= 15 is 0 Å². The van der Waals surface area contributed by atoms with E-state index in [-0.39, 0.29) is 0 Å². The fourth-order valence-electron chi connectivity index (χ4n) is 5.86. The second-order valence-electron chi connectivity index (χ2n) is 8.97. The summed E-state index contributed by atoms with van der Waals surface area (Å²) in [7, 11) is 1.88. The summed E-state index contributed by atoms with van der Waals surface area (Å²) < 4.78 is 1.88. The second-order valence-corrected chi connectivity index (χ2v) is 10.4. The molecule has 164 valence electrons. The van der Waals surface area contributed by atoms with Gasteiger partial charge in [0.15, 0.2) is 0 Å². The first-order valence-electron chi connectivity index (χ1n) is 10.2. The van der Waals surface area contributed by atoms with Crippen molar-refractivity contribution in [2.24, 2.45) is 22.7 Å². The van der Waals surface area contributed by atoms with Gasteiger partial charge in [0.05, 0.1) is 56.9 Å². The number of anilines is 4. The fraction of sp³-hybridized carbons (Fsp3) is 0.304. The van der Waals surface area contributed by atoms with E-state index in [4.69, 9.17) is 5.73 Å². The minimum atomic E-state index is -1.27. The highest BCUT2D eigenvalue weighted by atomic mass is 127. The van der Waals surface area contributed by atoms with E-state index in [1.54, 1.807) is 50.2 Å². The predicted molar refractivity (Wildman–Crippen MR) is 128 cm³/mol. The lowest BCUT2D eigenvalue weighted by molar-refractivity contribution is -0.179. The molecule has 8 nitrogen and oxygen atoms in total. The topological polar surface area (TPSA) is 104 Å². The van der Waals surface area contributed by atoms with Crippen LogP contribution in [0, 0.1) is 22.7 Å². The van der Waals surface area contributed by atoms with Gasteiger partial charge in [-0.2, -0.15) is 0 Å². The minimum absolute atomic E-state index is 0.391. The van der Waals surface area contributed by atoms with E-state index < -0.39 is 46.3 Å². The number of halogens is 1. The highest BCUT2D eigenvalue weighted by Gasteiger charge is 2.85. The van der Waals surface area contributed by atoms with Gasteiger partial charge in [-0.05, 0) is 62.4 Å². The number of benzene rings is 2. The van der Waals surface area contributed by atoms with Crippen LogP contribution in [0.3, 0.4) is 0 Å². The Morgan fingerprint density at radius 2 is 1.16 bits per heavy atom. The summed E-state index contributed by atoms with van der Waals surface area (Å²) in [5.41, 5.74) is 5.45. The molecule has 2 saturated heterocycles. The number of nitrogen functional groups attached to an aromatic ring is 1. The molecule has 32 heavy (non-hydrogen) atoms. The Morgan fingerprint density at radius 1 is 0.781 bits per heavy atom. The van der Waals surface area contributed by atoms with Crippen molar-refractivity contribution in [3.8, 4) is 0 Å². The molecule has 0 spiro atoms. The van der Waals surface area contributed by atoms with Crippen LogP contribution in [-0.2, 0) is 19.2 Å². The lowest BCUT2D eigenvalue weighted by Crippen LogP contribution is -2.65. The Bertz CT molecular complexity index is 1200. The van der Waals surface area contributed by atoms with Crippen molar-refractivity contribution in [2.75, 3.05) is 25.7 Å². The van der Waals surface area contributed by atoms with Gasteiger partial charge >= 0.3 is 0 Å². The Labute approximate surface area is 198 Å². The van der Waals surface area contributed by atoms with Crippen molar-refractivity contribution >= 4 is 69.2 Å². The first-order chi connectivity index (χ1) is 15.0. The zero-order valence-corrected chi connectivity index (χ0v) is 19.9. The Kier molecular flexibility index (Phi) is 4.27. The molecule has 4 unspecified atom stereocenters. The first-order valence-corrected chi connectivity index (χ1v) is 11.1. The zero-order chi connectivity index (χ0) is 23.2. The monoisotopic (exact) mass is 544 g/mol. The van der Waals surface area contributed by atoms with Crippen molar-refractivity contribution in [1.82, 2.24) is 0 Å². The van der Waals surface area contributed by atoms with Gasteiger partial charge < -0.3 is 8.85 Å². The molecule has 5 rings (SSSR count). The van der Waals surface area contributed by atoms with Gasteiger partial charge in [-0.25, -0.2) is 9.80 Å². The molecular formula is C23H21IN4O4. The average Bonchev–Trinajstić information content (AvgIpc) is 3.03. The number of amides is 4. The SMILES string of the molecule is CN(I)c1ccc(N2C(=O)C3C4(C)C(=O)N(c5ccc(N)cc5)C(=O)C4C3(C)C2=O)cc1. The molecule has 4 atom stereocenters. The maximum Gasteiger partial charge on any atom is 0.241 e. The molecule has 0 aromatic heterocycles. The van der Waals surface area contributed by atoms with E-state index in [2.05, 4.69) is 22.9 Å². The number of hydrogen-bond donors (Lipinski definition) is 1. The molecule has 4 amide bonds. The number of hydrogen-bond acceptors (Lipinski definition) is 6. The highest BCUT2D eigenvalue weighted by molar-refractivity contribution is 14.1. The largest absolute Gasteiger partial charge is 0.399 e. The van der Waals surface area contributed by atoms with Crippen molar-refractivity contribution in [3.63, 3.8) is 0 Å². The lowest BCUT2D eigenvalue weighted by atomic mass is 9.41. The van der Waals surface area contributed by atoms with E-state index in [0.29, 0.717) is 17.1 Å². The summed E-state index contributed by atoms with van der Waals surface area (Å²) in [6, 6.07) is 13.4. The Balaban J connectivity index is 1.54. The molecule has 2 aromatic carbocycles. The summed E-state index contributed by atoms with van der Waals surface area (Å²) in [5.74, 6) is -3.57. The molecule has 3 aliphatic rings. The van der Waals surface area contributed by atoms with Gasteiger partial charge in [0, 0.05) is 18.4 Å². The van der Waals surface area contributed by atoms with Gasteiger partial charge in [0.25, 0.3) is 0 Å². The van der Waals surface area contributed by atoms with Crippen LogP contribution in [0.2, 0.25) is 0 Å². The summed E-state index contributed by atoms with van der Waals surface area (Å²) in [5, 5.41) is 0. The van der Waals surface area contributed by atoms with Gasteiger partial charge in [0.1, 0.15) is 0 Å². The third-order valence-electron chi connectivity index (χ3n) is 7.28. The van der Waals surface area contributed by atoms with Crippen molar-refractivity contribution in [3.05, 3.63) is 48.5 Å². The third-order valence-corrected chi connectivity index (χ3v) is 7.83. The van der Waals surface area contributed by atoms with Crippen LogP contribution >= 0.6 is 22.9 Å². The number of nitrogens with two attached hydrogens (primary N) is 1. The standard InChI is InChI=1S/C23H21IN4O4/c1-22-16(18(29)27(20(22)31)14-6-4-12(25)5-7-14)23(2)17(22)19(30)28(21(23)32)15-10-8-13(9-11-15)26(3)24/h4-11,16-17H,25H2,1-3H3. The fourth-order valence-corrected chi connectivity index (χ4v) is 6.18. The van der Waals surface area contributed by atoms with E-state index in [0.717, 1.165) is 15.5 Å². The van der Waals surface area contributed by atoms with Crippen LogP contribution in [0.25, 0.3) is 0 Å².